The second kappa shape index (κ2) is 12.8. The molecular formula is C53H44N4. The van der Waals surface area contributed by atoms with Crippen molar-refractivity contribution in [3.63, 3.8) is 0 Å². The highest BCUT2D eigenvalue weighted by molar-refractivity contribution is 5.90. The molecule has 0 radical (unpaired) electrons. The highest BCUT2D eigenvalue weighted by Crippen LogP contribution is 2.68. The van der Waals surface area contributed by atoms with Gasteiger partial charge in [0.2, 0.25) is 0 Å². The molecule has 4 nitrogen and oxygen atoms in total. The minimum Gasteiger partial charge on any atom is -0.366 e. The third-order valence-corrected chi connectivity index (χ3v) is 13.6. The summed E-state index contributed by atoms with van der Waals surface area (Å²) in [6.45, 7) is 0. The highest BCUT2D eigenvalue weighted by atomic mass is 15.2. The molecule has 7 aromatic rings. The molecule has 12 rings (SSSR count). The van der Waals surface area contributed by atoms with Crippen molar-refractivity contribution >= 4 is 28.0 Å². The van der Waals surface area contributed by atoms with E-state index >= 15 is 0 Å². The third-order valence-electron chi connectivity index (χ3n) is 13.6. The number of aromatic nitrogens is 1. The fraction of sp³-hybridized carbons (Fsp3) is 0.170. The zero-order chi connectivity index (χ0) is 37.5. The van der Waals surface area contributed by atoms with E-state index in [1.807, 2.05) is 0 Å². The van der Waals surface area contributed by atoms with Gasteiger partial charge < -0.3 is 14.8 Å². The highest BCUT2D eigenvalue weighted by Gasteiger charge is 2.59. The maximum absolute atomic E-state index is 3.93. The summed E-state index contributed by atoms with van der Waals surface area (Å²) in [4.78, 5) is 2.55. The van der Waals surface area contributed by atoms with Crippen LogP contribution < -0.4 is 15.5 Å². The van der Waals surface area contributed by atoms with Crippen molar-refractivity contribution in [3.8, 4) is 5.69 Å². The van der Waals surface area contributed by atoms with Crippen molar-refractivity contribution in [2.75, 3.05) is 4.90 Å². The van der Waals surface area contributed by atoms with Gasteiger partial charge in [-0.1, -0.05) is 146 Å². The Morgan fingerprint density at radius 1 is 0.649 bits per heavy atom. The average Bonchev–Trinajstić information content (AvgIpc) is 3.83. The molecule has 0 saturated heterocycles. The van der Waals surface area contributed by atoms with Gasteiger partial charge in [-0.25, -0.2) is 0 Å². The summed E-state index contributed by atoms with van der Waals surface area (Å²) in [6.07, 6.45) is 15.0. The molecule has 1 aromatic heterocycles. The Labute approximate surface area is 334 Å². The molecule has 2 N–H and O–H groups in total. The second-order valence-electron chi connectivity index (χ2n) is 16.6. The molecule has 2 aliphatic heterocycles. The Morgan fingerprint density at radius 2 is 1.39 bits per heavy atom. The van der Waals surface area contributed by atoms with Crippen molar-refractivity contribution in [2.45, 2.75) is 54.8 Å². The van der Waals surface area contributed by atoms with Crippen molar-refractivity contribution in [1.29, 1.82) is 0 Å². The van der Waals surface area contributed by atoms with Gasteiger partial charge in [-0.2, -0.15) is 0 Å². The molecule has 3 aliphatic carbocycles. The normalized spacial score (nSPS) is 25.2. The molecular weight excluding hydrogens is 693 g/mol. The summed E-state index contributed by atoms with van der Waals surface area (Å²) in [5.74, 6) is 0.882. The van der Waals surface area contributed by atoms with E-state index < -0.39 is 0 Å². The van der Waals surface area contributed by atoms with E-state index in [9.17, 15) is 0 Å². The van der Waals surface area contributed by atoms with Crippen molar-refractivity contribution < 1.29 is 0 Å². The topological polar surface area (TPSA) is 32.2 Å². The van der Waals surface area contributed by atoms with Crippen molar-refractivity contribution in [2.24, 2.45) is 0 Å². The molecule has 276 valence electrons. The van der Waals surface area contributed by atoms with Gasteiger partial charge in [-0.05, 0) is 101 Å². The van der Waals surface area contributed by atoms with Crippen LogP contribution in [0.3, 0.4) is 0 Å². The largest absolute Gasteiger partial charge is 0.366 e. The maximum atomic E-state index is 3.93. The first-order valence-electron chi connectivity index (χ1n) is 20.6. The number of nitrogens with zero attached hydrogens (tertiary/aromatic N) is 2. The number of allylic oxidation sites excluding steroid dienone is 2. The number of hydrogen-bond acceptors (Lipinski definition) is 3. The number of rotatable bonds is 6. The van der Waals surface area contributed by atoms with E-state index in [1.54, 1.807) is 5.56 Å². The summed E-state index contributed by atoms with van der Waals surface area (Å²) < 4.78 is 2.59. The number of fused-ring (bicyclic) bond motifs is 8. The van der Waals surface area contributed by atoms with E-state index in [-0.39, 0.29) is 17.6 Å². The van der Waals surface area contributed by atoms with Gasteiger partial charge in [-0.3, -0.25) is 5.32 Å². The van der Waals surface area contributed by atoms with Gasteiger partial charge in [-0.15, -0.1) is 0 Å². The van der Waals surface area contributed by atoms with E-state index in [0.29, 0.717) is 17.9 Å². The molecule has 1 saturated carbocycles. The molecule has 57 heavy (non-hydrogen) atoms. The molecule has 6 unspecified atom stereocenters. The smallest absolute Gasteiger partial charge is 0.104 e. The number of nitrogens with one attached hydrogen (secondary N) is 2. The van der Waals surface area contributed by atoms with Crippen LogP contribution >= 0.6 is 0 Å². The first kappa shape index (κ1) is 32.8. The SMILES string of the molecule is C1=CC2c3cc(C45CCc6c(c7ccccc7n6-c6cccc(C7NC(c8ccccc8)=CC(c8ccccc8)N7)c6)C4C5)ccc3N(c3ccccc3)C2C=C1. The zero-order valence-corrected chi connectivity index (χ0v) is 31.8. The van der Waals surface area contributed by atoms with Crippen LogP contribution in [0.25, 0.3) is 22.3 Å². The fourth-order valence-electron chi connectivity index (χ4n) is 10.9. The van der Waals surface area contributed by atoms with Gasteiger partial charge >= 0.3 is 0 Å². The molecule has 3 heterocycles. The lowest BCUT2D eigenvalue weighted by Gasteiger charge is -2.33. The van der Waals surface area contributed by atoms with Crippen LogP contribution in [0.4, 0.5) is 11.4 Å². The second-order valence-corrected chi connectivity index (χ2v) is 16.6. The summed E-state index contributed by atoms with van der Waals surface area (Å²) in [5.41, 5.74) is 16.2. The van der Waals surface area contributed by atoms with Gasteiger partial charge in [0.25, 0.3) is 0 Å². The predicted octanol–water partition coefficient (Wildman–Crippen LogP) is 11.7. The Morgan fingerprint density at radius 3 is 2.25 bits per heavy atom. The maximum Gasteiger partial charge on any atom is 0.104 e. The van der Waals surface area contributed by atoms with E-state index in [4.69, 9.17) is 0 Å². The van der Waals surface area contributed by atoms with Gasteiger partial charge in [0.15, 0.2) is 0 Å². The lowest BCUT2D eigenvalue weighted by Crippen LogP contribution is -2.39. The standard InChI is InChI=1S/C53H44N4/c1-4-15-35(16-5-1)45-33-46(36-17-6-2-7-18-36)55-52(54-45)37-19-14-22-40(31-37)57-48-26-13-11-24-42(48)51-44-34-53(44,30-29-50(51)57)38-27-28-49-43(32-38)41-23-10-12-25-47(41)56(49)39-20-8-3-9-21-39/h1-28,31-33,41,44-45,47,52,54-55H,29-30,34H2. The molecule has 1 fully saturated rings. The number of para-hydroxylation sites is 2. The first-order valence-corrected chi connectivity index (χ1v) is 20.6. The van der Waals surface area contributed by atoms with Crippen LogP contribution in [0.5, 0.6) is 0 Å². The van der Waals surface area contributed by atoms with Crippen LogP contribution in [-0.2, 0) is 11.8 Å². The predicted molar refractivity (Wildman–Crippen MR) is 233 cm³/mol. The Bertz CT molecular complexity index is 2760. The zero-order valence-electron chi connectivity index (χ0n) is 31.8. The Hall–Kier alpha value is -6.36. The van der Waals surface area contributed by atoms with E-state index in [1.165, 1.54) is 74.3 Å². The summed E-state index contributed by atoms with van der Waals surface area (Å²) >= 11 is 0. The first-order chi connectivity index (χ1) is 28.2. The monoisotopic (exact) mass is 736 g/mol. The lowest BCUT2D eigenvalue weighted by molar-refractivity contribution is 0.442. The van der Waals surface area contributed by atoms with Crippen molar-refractivity contribution in [1.82, 2.24) is 15.2 Å². The van der Waals surface area contributed by atoms with Crippen LogP contribution in [0.2, 0.25) is 0 Å². The molecule has 0 spiro atoms. The number of benzene rings is 6. The Kier molecular flexibility index (Phi) is 7.40. The van der Waals surface area contributed by atoms with Gasteiger partial charge in [0.1, 0.15) is 6.17 Å². The lowest BCUT2D eigenvalue weighted by atomic mass is 9.79. The van der Waals surface area contributed by atoms with E-state index in [0.717, 1.165) is 12.1 Å². The van der Waals surface area contributed by atoms with E-state index in [2.05, 4.69) is 208 Å². The Balaban J connectivity index is 0.907. The summed E-state index contributed by atoms with van der Waals surface area (Å²) in [6, 6.07) is 58.7. The number of hydrogen-bond donors (Lipinski definition) is 2. The van der Waals surface area contributed by atoms with Gasteiger partial charge in [0, 0.05) is 45.2 Å². The third kappa shape index (κ3) is 5.17. The molecule has 4 heteroatoms. The molecule has 6 aromatic carbocycles. The summed E-state index contributed by atoms with van der Waals surface area (Å²) in [7, 11) is 0. The fourth-order valence-corrected chi connectivity index (χ4v) is 10.9. The van der Waals surface area contributed by atoms with Crippen LogP contribution in [0.1, 0.15) is 76.0 Å². The van der Waals surface area contributed by atoms with Crippen LogP contribution in [0.15, 0.2) is 188 Å². The molecule has 5 aliphatic rings. The van der Waals surface area contributed by atoms with Gasteiger partial charge in [0.05, 0.1) is 17.6 Å². The number of anilines is 2. The van der Waals surface area contributed by atoms with Crippen molar-refractivity contribution in [3.05, 3.63) is 227 Å². The quantitative estimate of drug-likeness (QED) is 0.178. The minimum atomic E-state index is -0.0594. The molecule has 0 amide bonds. The summed E-state index contributed by atoms with van der Waals surface area (Å²) in [5, 5.41) is 9.22. The van der Waals surface area contributed by atoms with Crippen LogP contribution in [-0.4, -0.2) is 10.6 Å². The molecule has 6 atom stereocenters. The average molecular weight is 737 g/mol. The minimum absolute atomic E-state index is 0.0594. The van der Waals surface area contributed by atoms with Crippen LogP contribution in [0, 0.1) is 0 Å². The molecule has 0 bridgehead atoms.